The lowest BCUT2D eigenvalue weighted by Gasteiger charge is -2.14. The summed E-state index contributed by atoms with van der Waals surface area (Å²) in [7, 11) is 0. The van der Waals surface area contributed by atoms with E-state index in [0.717, 1.165) is 18.7 Å². The molecule has 0 fully saturated rings. The van der Waals surface area contributed by atoms with Gasteiger partial charge in [-0.2, -0.15) is 0 Å². The molecule has 1 aromatic carbocycles. The van der Waals surface area contributed by atoms with Crippen molar-refractivity contribution in [3.05, 3.63) is 29.8 Å². The molecule has 4 nitrogen and oxygen atoms in total. The molecule has 1 unspecified atom stereocenters. The molecule has 2 N–H and O–H groups in total. The van der Waals surface area contributed by atoms with Gasteiger partial charge in [-0.25, -0.2) is 0 Å². The molecule has 1 rings (SSSR count). The van der Waals surface area contributed by atoms with E-state index in [4.69, 9.17) is 14.6 Å². The number of aliphatic hydroxyl groups excluding tert-OH is 1. The molecule has 0 saturated carbocycles. The Morgan fingerprint density at radius 2 is 1.89 bits per heavy atom. The molecular weight excluding hydrogens is 242 g/mol. The SMILES string of the molecule is CCCNC(C)c1ccc(OCCOCCO)cc1. The quantitative estimate of drug-likeness (QED) is 0.638. The van der Waals surface area contributed by atoms with E-state index in [1.807, 2.05) is 12.1 Å². The second-order valence-electron chi connectivity index (χ2n) is 4.43. The molecule has 0 heterocycles. The number of rotatable bonds is 10. The average Bonchev–Trinajstić information content (AvgIpc) is 2.45. The number of ether oxygens (including phenoxy) is 2. The molecule has 0 aliphatic heterocycles. The van der Waals surface area contributed by atoms with Crippen molar-refractivity contribution in [2.24, 2.45) is 0 Å². The first-order chi connectivity index (χ1) is 9.27. The van der Waals surface area contributed by atoms with Gasteiger partial charge in [0.1, 0.15) is 12.4 Å². The number of hydrogen-bond acceptors (Lipinski definition) is 4. The molecule has 0 aromatic heterocycles. The van der Waals surface area contributed by atoms with Crippen molar-refractivity contribution >= 4 is 0 Å². The minimum Gasteiger partial charge on any atom is -0.491 e. The Labute approximate surface area is 115 Å². The lowest BCUT2D eigenvalue weighted by Crippen LogP contribution is -2.19. The van der Waals surface area contributed by atoms with Crippen molar-refractivity contribution in [1.29, 1.82) is 0 Å². The maximum Gasteiger partial charge on any atom is 0.119 e. The summed E-state index contributed by atoms with van der Waals surface area (Å²) in [6.07, 6.45) is 1.14. The van der Waals surface area contributed by atoms with Gasteiger partial charge in [-0.1, -0.05) is 19.1 Å². The third-order valence-electron chi connectivity index (χ3n) is 2.81. The van der Waals surface area contributed by atoms with Crippen LogP contribution in [-0.2, 0) is 4.74 Å². The highest BCUT2D eigenvalue weighted by atomic mass is 16.5. The Morgan fingerprint density at radius 3 is 2.53 bits per heavy atom. The Kier molecular flexibility index (Phi) is 8.21. The minimum atomic E-state index is 0.0529. The van der Waals surface area contributed by atoms with Gasteiger partial charge in [0.2, 0.25) is 0 Å². The van der Waals surface area contributed by atoms with Crippen molar-refractivity contribution in [3.8, 4) is 5.75 Å². The number of hydrogen-bond donors (Lipinski definition) is 2. The van der Waals surface area contributed by atoms with E-state index in [0.29, 0.717) is 25.9 Å². The Balaban J connectivity index is 2.30. The van der Waals surface area contributed by atoms with Crippen LogP contribution in [0.5, 0.6) is 5.75 Å². The molecular formula is C15H25NO3. The smallest absolute Gasteiger partial charge is 0.119 e. The van der Waals surface area contributed by atoms with E-state index in [1.54, 1.807) is 0 Å². The van der Waals surface area contributed by atoms with Crippen LogP contribution in [0.25, 0.3) is 0 Å². The first kappa shape index (κ1) is 16.0. The van der Waals surface area contributed by atoms with E-state index in [2.05, 4.69) is 31.3 Å². The topological polar surface area (TPSA) is 50.7 Å². The van der Waals surface area contributed by atoms with Gasteiger partial charge in [0, 0.05) is 6.04 Å². The summed E-state index contributed by atoms with van der Waals surface area (Å²) in [5.41, 5.74) is 1.26. The van der Waals surface area contributed by atoms with Crippen LogP contribution in [0.3, 0.4) is 0 Å². The number of aliphatic hydroxyl groups is 1. The standard InChI is InChI=1S/C15H25NO3/c1-3-8-16-13(2)14-4-6-15(7-5-14)19-12-11-18-10-9-17/h4-7,13,16-17H,3,8-12H2,1-2H3. The van der Waals surface area contributed by atoms with Gasteiger partial charge >= 0.3 is 0 Å². The van der Waals surface area contributed by atoms with Crippen molar-refractivity contribution in [1.82, 2.24) is 5.32 Å². The molecule has 0 bridgehead atoms. The van der Waals surface area contributed by atoms with Gasteiger partial charge in [-0.15, -0.1) is 0 Å². The van der Waals surface area contributed by atoms with Crippen molar-refractivity contribution in [3.63, 3.8) is 0 Å². The van der Waals surface area contributed by atoms with Gasteiger partial charge in [-0.3, -0.25) is 0 Å². The molecule has 19 heavy (non-hydrogen) atoms. The predicted molar refractivity (Wildman–Crippen MR) is 76.6 cm³/mol. The van der Waals surface area contributed by atoms with Crippen LogP contribution in [0.15, 0.2) is 24.3 Å². The fourth-order valence-electron chi connectivity index (χ4n) is 1.72. The Morgan fingerprint density at radius 1 is 1.16 bits per heavy atom. The zero-order chi connectivity index (χ0) is 13.9. The van der Waals surface area contributed by atoms with Crippen LogP contribution in [0.4, 0.5) is 0 Å². The Bertz CT molecular complexity index is 327. The maximum absolute atomic E-state index is 8.55. The molecule has 1 aromatic rings. The largest absolute Gasteiger partial charge is 0.491 e. The fourth-order valence-corrected chi connectivity index (χ4v) is 1.72. The minimum absolute atomic E-state index is 0.0529. The van der Waals surface area contributed by atoms with Gasteiger partial charge in [0.15, 0.2) is 0 Å². The van der Waals surface area contributed by atoms with Crippen LogP contribution in [0, 0.1) is 0 Å². The van der Waals surface area contributed by atoms with Crippen molar-refractivity contribution in [2.45, 2.75) is 26.3 Å². The first-order valence-corrected chi connectivity index (χ1v) is 6.92. The monoisotopic (exact) mass is 267 g/mol. The lowest BCUT2D eigenvalue weighted by atomic mass is 10.1. The average molecular weight is 267 g/mol. The molecule has 108 valence electrons. The summed E-state index contributed by atoms with van der Waals surface area (Å²) >= 11 is 0. The molecule has 1 atom stereocenters. The highest BCUT2D eigenvalue weighted by molar-refractivity contribution is 5.28. The van der Waals surface area contributed by atoms with E-state index < -0.39 is 0 Å². The Hall–Kier alpha value is -1.10. The molecule has 4 heteroatoms. The van der Waals surface area contributed by atoms with E-state index in [-0.39, 0.29) is 6.61 Å². The fraction of sp³-hybridized carbons (Fsp3) is 0.600. The van der Waals surface area contributed by atoms with Gasteiger partial charge in [0.25, 0.3) is 0 Å². The maximum atomic E-state index is 8.55. The summed E-state index contributed by atoms with van der Waals surface area (Å²) in [6, 6.07) is 8.48. The van der Waals surface area contributed by atoms with E-state index in [9.17, 15) is 0 Å². The van der Waals surface area contributed by atoms with Crippen LogP contribution in [0.1, 0.15) is 31.9 Å². The second-order valence-corrected chi connectivity index (χ2v) is 4.43. The van der Waals surface area contributed by atoms with Crippen LogP contribution >= 0.6 is 0 Å². The third kappa shape index (κ3) is 6.57. The van der Waals surface area contributed by atoms with Crippen molar-refractivity contribution in [2.75, 3.05) is 33.0 Å². The van der Waals surface area contributed by atoms with Crippen LogP contribution in [0.2, 0.25) is 0 Å². The summed E-state index contributed by atoms with van der Waals surface area (Å²) in [5, 5.41) is 12.0. The lowest BCUT2D eigenvalue weighted by molar-refractivity contribution is 0.0705. The summed E-state index contributed by atoms with van der Waals surface area (Å²) in [6.45, 7) is 6.77. The zero-order valence-corrected chi connectivity index (χ0v) is 11.9. The summed E-state index contributed by atoms with van der Waals surface area (Å²) < 4.78 is 10.7. The second kappa shape index (κ2) is 9.78. The van der Waals surface area contributed by atoms with Crippen molar-refractivity contribution < 1.29 is 14.6 Å². The van der Waals surface area contributed by atoms with E-state index in [1.165, 1.54) is 5.56 Å². The molecule has 0 amide bonds. The van der Waals surface area contributed by atoms with Crippen LogP contribution < -0.4 is 10.1 Å². The number of nitrogens with one attached hydrogen (secondary N) is 1. The molecule has 0 aliphatic rings. The first-order valence-electron chi connectivity index (χ1n) is 6.92. The third-order valence-corrected chi connectivity index (χ3v) is 2.81. The summed E-state index contributed by atoms with van der Waals surface area (Å²) in [4.78, 5) is 0. The highest BCUT2D eigenvalue weighted by Gasteiger charge is 2.03. The van der Waals surface area contributed by atoms with Gasteiger partial charge in [0.05, 0.1) is 19.8 Å². The molecule has 0 saturated heterocycles. The normalized spacial score (nSPS) is 12.4. The van der Waals surface area contributed by atoms with Gasteiger partial charge < -0.3 is 19.9 Å². The van der Waals surface area contributed by atoms with Gasteiger partial charge in [-0.05, 0) is 37.6 Å². The van der Waals surface area contributed by atoms with E-state index >= 15 is 0 Å². The molecule has 0 spiro atoms. The molecule has 0 radical (unpaired) electrons. The predicted octanol–water partition coefficient (Wildman–Crippen LogP) is 2.13. The zero-order valence-electron chi connectivity index (χ0n) is 11.9. The molecule has 0 aliphatic carbocycles. The number of benzene rings is 1. The summed E-state index contributed by atoms with van der Waals surface area (Å²) in [5.74, 6) is 0.846. The van der Waals surface area contributed by atoms with Crippen LogP contribution in [-0.4, -0.2) is 38.1 Å². The highest BCUT2D eigenvalue weighted by Crippen LogP contribution is 2.17.